The SMILES string of the molecule is Cc1cccc2cc3c(C=Nc4ccc5c(c4)-c4ccccc4C54C5=C(CCC=C5)c5ccccc54)c(-c4ccc(C5=CCCC=C5)cc4)sc3cc12. The number of hydrogen-bond donors (Lipinski definition) is 0. The van der Waals surface area contributed by atoms with Crippen LogP contribution in [0.1, 0.15) is 64.6 Å². The van der Waals surface area contributed by atoms with Crippen molar-refractivity contribution >= 4 is 55.2 Å². The average molecular weight is 696 g/mol. The molecule has 1 heterocycles. The fraction of sp³-hybridized carbons (Fsp3) is 0.118. The van der Waals surface area contributed by atoms with Gasteiger partial charge in [0.15, 0.2) is 0 Å². The van der Waals surface area contributed by atoms with Crippen LogP contribution in [-0.2, 0) is 5.41 Å². The van der Waals surface area contributed by atoms with E-state index >= 15 is 0 Å². The van der Waals surface area contributed by atoms with Crippen LogP contribution < -0.4 is 0 Å². The first-order valence-electron chi connectivity index (χ1n) is 18.9. The van der Waals surface area contributed by atoms with Gasteiger partial charge in [-0.2, -0.15) is 0 Å². The Bertz CT molecular complexity index is 2830. The number of aliphatic imine (C=N–C) groups is 1. The van der Waals surface area contributed by atoms with Crippen molar-refractivity contribution in [2.75, 3.05) is 0 Å². The van der Waals surface area contributed by atoms with Crippen molar-refractivity contribution in [1.29, 1.82) is 0 Å². The van der Waals surface area contributed by atoms with Crippen LogP contribution in [0.4, 0.5) is 5.69 Å². The van der Waals surface area contributed by atoms with E-state index in [2.05, 4.69) is 165 Å². The number of aryl methyl sites for hydroxylation is 1. The molecule has 4 aliphatic carbocycles. The number of hydrogen-bond acceptors (Lipinski definition) is 2. The lowest BCUT2D eigenvalue weighted by Crippen LogP contribution is -2.26. The molecule has 1 aromatic heterocycles. The van der Waals surface area contributed by atoms with Gasteiger partial charge in [-0.25, -0.2) is 0 Å². The van der Waals surface area contributed by atoms with Gasteiger partial charge in [-0.15, -0.1) is 11.3 Å². The Morgan fingerprint density at radius 1 is 0.642 bits per heavy atom. The third-order valence-corrected chi connectivity index (χ3v) is 13.2. The average Bonchev–Trinajstić information content (AvgIpc) is 3.83. The number of benzene rings is 6. The second-order valence-electron chi connectivity index (χ2n) is 14.9. The van der Waals surface area contributed by atoms with Crippen LogP contribution in [0.2, 0.25) is 0 Å². The zero-order chi connectivity index (χ0) is 35.1. The number of rotatable bonds is 4. The Morgan fingerprint density at radius 2 is 1.42 bits per heavy atom. The number of fused-ring (bicyclic) bond motifs is 11. The van der Waals surface area contributed by atoms with E-state index in [1.807, 2.05) is 11.3 Å². The minimum Gasteiger partial charge on any atom is -0.256 e. The zero-order valence-electron chi connectivity index (χ0n) is 29.7. The van der Waals surface area contributed by atoms with Crippen molar-refractivity contribution in [2.45, 2.75) is 38.0 Å². The minimum atomic E-state index is -0.289. The summed E-state index contributed by atoms with van der Waals surface area (Å²) in [5, 5.41) is 3.84. The van der Waals surface area contributed by atoms with Gasteiger partial charge in [0.2, 0.25) is 0 Å². The summed E-state index contributed by atoms with van der Waals surface area (Å²) < 4.78 is 1.29. The van der Waals surface area contributed by atoms with Gasteiger partial charge in [-0.3, -0.25) is 4.99 Å². The summed E-state index contributed by atoms with van der Waals surface area (Å²) in [4.78, 5) is 6.56. The number of allylic oxidation sites excluding steroid dienone is 8. The highest BCUT2D eigenvalue weighted by Crippen LogP contribution is 2.63. The third-order valence-electron chi connectivity index (χ3n) is 12.0. The molecule has 1 atom stereocenters. The number of nitrogens with zero attached hydrogens (tertiary/aromatic N) is 1. The Kier molecular flexibility index (Phi) is 6.88. The highest BCUT2D eigenvalue weighted by atomic mass is 32.1. The molecular weight excluding hydrogens is 659 g/mol. The molecule has 0 radical (unpaired) electrons. The molecule has 7 aromatic rings. The van der Waals surface area contributed by atoms with Crippen LogP contribution >= 0.6 is 11.3 Å². The molecule has 0 N–H and O–H groups in total. The normalized spacial score (nSPS) is 18.2. The summed E-state index contributed by atoms with van der Waals surface area (Å²) >= 11 is 1.87. The van der Waals surface area contributed by atoms with Crippen molar-refractivity contribution < 1.29 is 0 Å². The van der Waals surface area contributed by atoms with E-state index in [1.54, 1.807) is 0 Å². The highest BCUT2D eigenvalue weighted by Gasteiger charge is 2.52. The molecule has 0 saturated heterocycles. The van der Waals surface area contributed by atoms with Crippen LogP contribution in [0, 0.1) is 6.92 Å². The van der Waals surface area contributed by atoms with Gasteiger partial charge in [0.1, 0.15) is 0 Å². The molecule has 53 heavy (non-hydrogen) atoms. The van der Waals surface area contributed by atoms with Gasteiger partial charge < -0.3 is 0 Å². The minimum absolute atomic E-state index is 0.289. The van der Waals surface area contributed by atoms with Gasteiger partial charge >= 0.3 is 0 Å². The van der Waals surface area contributed by atoms with Gasteiger partial charge in [0.05, 0.1) is 11.1 Å². The molecule has 0 amide bonds. The largest absolute Gasteiger partial charge is 0.256 e. The summed E-state index contributed by atoms with van der Waals surface area (Å²) in [6.07, 6.45) is 18.2. The molecule has 1 nitrogen and oxygen atoms in total. The first-order valence-corrected chi connectivity index (χ1v) is 19.7. The Labute approximate surface area is 314 Å². The van der Waals surface area contributed by atoms with Crippen molar-refractivity contribution in [3.63, 3.8) is 0 Å². The fourth-order valence-electron chi connectivity index (χ4n) is 9.61. The molecular formula is C51H37NS. The third kappa shape index (κ3) is 4.52. The topological polar surface area (TPSA) is 12.4 Å². The molecule has 252 valence electrons. The zero-order valence-corrected chi connectivity index (χ0v) is 30.5. The van der Waals surface area contributed by atoms with E-state index in [1.165, 1.54) is 98.1 Å². The van der Waals surface area contributed by atoms with E-state index in [9.17, 15) is 0 Å². The maximum atomic E-state index is 5.30. The summed E-state index contributed by atoms with van der Waals surface area (Å²) in [7, 11) is 0. The van der Waals surface area contributed by atoms with Crippen LogP contribution in [0.15, 0.2) is 162 Å². The summed E-state index contributed by atoms with van der Waals surface area (Å²) in [6, 6.07) is 45.6. The Morgan fingerprint density at radius 3 is 2.26 bits per heavy atom. The molecule has 2 heteroatoms. The molecule has 0 aliphatic heterocycles. The first-order chi connectivity index (χ1) is 26.2. The van der Waals surface area contributed by atoms with Crippen molar-refractivity contribution in [3.05, 3.63) is 196 Å². The van der Waals surface area contributed by atoms with Crippen molar-refractivity contribution in [3.8, 4) is 21.6 Å². The maximum Gasteiger partial charge on any atom is 0.0722 e. The second kappa shape index (κ2) is 11.8. The smallest absolute Gasteiger partial charge is 0.0722 e. The highest BCUT2D eigenvalue weighted by molar-refractivity contribution is 7.22. The summed E-state index contributed by atoms with van der Waals surface area (Å²) in [6.45, 7) is 2.21. The van der Waals surface area contributed by atoms with Crippen molar-refractivity contribution in [1.82, 2.24) is 0 Å². The van der Waals surface area contributed by atoms with Gasteiger partial charge in [0, 0.05) is 26.7 Å². The standard InChI is InChI=1S/C51H37NS/c1-32-12-11-15-36-28-43-44(50(53-49(43)30-41(32)36)35-24-22-34(23-25-35)33-13-3-2-4-14-33)31-52-37-26-27-48-42(29-37)40-18-7-10-21-47(40)51(48)45-19-8-5-16-38(45)39-17-6-9-20-46(39)51/h3,5,7-16,18-31H,2,4,6,17H2,1H3. The lowest BCUT2D eigenvalue weighted by atomic mass is 9.69. The van der Waals surface area contributed by atoms with Gasteiger partial charge in [0.25, 0.3) is 0 Å². The van der Waals surface area contributed by atoms with E-state index < -0.39 is 0 Å². The molecule has 6 aromatic carbocycles. The molecule has 11 rings (SSSR count). The molecule has 1 spiro atoms. The Hall–Kier alpha value is -5.83. The lowest BCUT2D eigenvalue weighted by molar-refractivity contribution is 0.780. The second-order valence-corrected chi connectivity index (χ2v) is 15.9. The quantitative estimate of drug-likeness (QED) is 0.163. The monoisotopic (exact) mass is 695 g/mol. The maximum absolute atomic E-state index is 5.30. The molecule has 1 unspecified atom stereocenters. The molecule has 0 fully saturated rings. The van der Waals surface area contributed by atoms with Gasteiger partial charge in [-0.05, 0) is 134 Å². The fourth-order valence-corrected chi connectivity index (χ4v) is 10.8. The first kappa shape index (κ1) is 30.8. The lowest BCUT2D eigenvalue weighted by Gasteiger charge is -2.32. The van der Waals surface area contributed by atoms with Crippen LogP contribution in [0.5, 0.6) is 0 Å². The molecule has 4 aliphatic rings. The van der Waals surface area contributed by atoms with Gasteiger partial charge in [-0.1, -0.05) is 127 Å². The summed E-state index contributed by atoms with van der Waals surface area (Å²) in [5.41, 5.74) is 18.1. The molecule has 0 saturated carbocycles. The van der Waals surface area contributed by atoms with Crippen LogP contribution in [-0.4, -0.2) is 6.21 Å². The Balaban J connectivity index is 1.06. The number of thiophene rings is 1. The van der Waals surface area contributed by atoms with E-state index in [0.717, 1.165) is 31.4 Å². The van der Waals surface area contributed by atoms with E-state index in [4.69, 9.17) is 4.99 Å². The predicted octanol–water partition coefficient (Wildman–Crippen LogP) is 13.9. The van der Waals surface area contributed by atoms with E-state index in [0.29, 0.717) is 0 Å². The van der Waals surface area contributed by atoms with Crippen LogP contribution in [0.3, 0.4) is 0 Å². The van der Waals surface area contributed by atoms with Crippen molar-refractivity contribution in [2.24, 2.45) is 4.99 Å². The van der Waals surface area contributed by atoms with E-state index in [-0.39, 0.29) is 5.41 Å². The van der Waals surface area contributed by atoms with Crippen LogP contribution in [0.25, 0.3) is 53.6 Å². The molecule has 0 bridgehead atoms. The summed E-state index contributed by atoms with van der Waals surface area (Å²) in [5.74, 6) is 0. The predicted molar refractivity (Wildman–Crippen MR) is 227 cm³/mol.